The minimum Gasteiger partial charge on any atom is -0.480 e. The van der Waals surface area contributed by atoms with E-state index in [1.807, 2.05) is 0 Å². The number of nitrogens with zero attached hydrogens (tertiary/aromatic N) is 1. The lowest BCUT2D eigenvalue weighted by molar-refractivity contribution is -0.139. The van der Waals surface area contributed by atoms with Crippen molar-refractivity contribution in [3.8, 4) is 11.8 Å². The number of halogens is 3. The average Bonchev–Trinajstić information content (AvgIpc) is 3.45. The second-order valence-corrected chi connectivity index (χ2v) is 10.4. The van der Waals surface area contributed by atoms with Gasteiger partial charge >= 0.3 is 12.1 Å². The molecule has 1 unspecified atom stereocenters. The Morgan fingerprint density at radius 2 is 1.89 bits per heavy atom. The Kier molecular flexibility index (Phi) is 6.66. The number of alkyl halides is 3. The highest BCUT2D eigenvalue weighted by molar-refractivity contribution is 7.91. The maximum absolute atomic E-state index is 12.8. The van der Waals surface area contributed by atoms with E-state index in [0.29, 0.717) is 27.0 Å². The highest BCUT2D eigenvalue weighted by atomic mass is 32.2. The van der Waals surface area contributed by atoms with Crippen molar-refractivity contribution < 1.29 is 31.5 Å². The molecule has 0 fully saturated rings. The molecule has 1 atom stereocenters. The molecule has 0 aliphatic carbocycles. The first-order valence-electron chi connectivity index (χ1n) is 9.98. The molecule has 3 heterocycles. The zero-order chi connectivity index (χ0) is 25.2. The number of H-pyrrole nitrogens is 1. The number of hydrogen-bond donors (Lipinski definition) is 3. The maximum Gasteiger partial charge on any atom is 0.416 e. The number of benzene rings is 1. The van der Waals surface area contributed by atoms with Gasteiger partial charge in [0.15, 0.2) is 0 Å². The van der Waals surface area contributed by atoms with Crippen molar-refractivity contribution in [2.75, 3.05) is 0 Å². The molecule has 0 radical (unpaired) electrons. The van der Waals surface area contributed by atoms with Crippen LogP contribution in [-0.2, 0) is 27.4 Å². The minimum absolute atomic E-state index is 0.105. The number of sulfonamides is 1. The Hall–Kier alpha value is -3.66. The third kappa shape index (κ3) is 5.71. The topological polar surface area (TPSA) is 112 Å². The van der Waals surface area contributed by atoms with E-state index in [1.54, 1.807) is 24.5 Å². The molecule has 3 N–H and O–H groups in total. The number of aromatic nitrogens is 2. The molecular formula is C23H16F3N3O4S2. The molecule has 7 nitrogen and oxygen atoms in total. The number of hydrogen-bond acceptors (Lipinski definition) is 5. The molecule has 3 aromatic heterocycles. The van der Waals surface area contributed by atoms with E-state index in [9.17, 15) is 31.5 Å². The van der Waals surface area contributed by atoms with Gasteiger partial charge in [-0.05, 0) is 54.1 Å². The van der Waals surface area contributed by atoms with E-state index in [0.717, 1.165) is 23.5 Å². The van der Waals surface area contributed by atoms with Gasteiger partial charge in [-0.3, -0.25) is 4.79 Å². The van der Waals surface area contributed by atoms with E-state index >= 15 is 0 Å². The Morgan fingerprint density at radius 1 is 1.14 bits per heavy atom. The summed E-state index contributed by atoms with van der Waals surface area (Å²) in [5.74, 6) is 4.05. The molecule has 4 aromatic rings. The summed E-state index contributed by atoms with van der Waals surface area (Å²) in [6, 6.07) is 9.02. The molecule has 0 amide bonds. The lowest BCUT2D eigenvalue weighted by Gasteiger charge is -2.13. The fourth-order valence-corrected chi connectivity index (χ4v) is 5.60. The summed E-state index contributed by atoms with van der Waals surface area (Å²) in [5.41, 5.74) is 0.685. The quantitative estimate of drug-likeness (QED) is 0.333. The molecule has 0 bridgehead atoms. The summed E-state index contributed by atoms with van der Waals surface area (Å²) >= 11 is 0.818. The number of carbonyl (C=O) groups is 1. The second-order valence-electron chi connectivity index (χ2n) is 7.37. The third-order valence-corrected chi connectivity index (χ3v) is 7.91. The monoisotopic (exact) mass is 519 g/mol. The van der Waals surface area contributed by atoms with Gasteiger partial charge in [-0.15, -0.1) is 11.3 Å². The Labute approximate surface area is 201 Å². The predicted octanol–water partition coefficient (Wildman–Crippen LogP) is 4.02. The number of nitrogens with one attached hydrogen (secondary N) is 2. The smallest absolute Gasteiger partial charge is 0.416 e. The number of pyridine rings is 1. The fourth-order valence-electron chi connectivity index (χ4n) is 3.23. The average molecular weight is 520 g/mol. The largest absolute Gasteiger partial charge is 0.480 e. The van der Waals surface area contributed by atoms with E-state index in [4.69, 9.17) is 0 Å². The van der Waals surface area contributed by atoms with Crippen molar-refractivity contribution in [1.82, 2.24) is 14.7 Å². The summed E-state index contributed by atoms with van der Waals surface area (Å²) in [6.07, 6.45) is -1.39. The van der Waals surface area contributed by atoms with Crippen LogP contribution in [0.25, 0.3) is 11.0 Å². The molecule has 0 aliphatic heterocycles. The van der Waals surface area contributed by atoms with Crippen LogP contribution in [0.5, 0.6) is 0 Å². The first kappa shape index (κ1) is 24.5. The number of carboxylic acids is 1. The van der Waals surface area contributed by atoms with Crippen LogP contribution >= 0.6 is 11.3 Å². The Balaban J connectivity index is 1.50. The highest BCUT2D eigenvalue weighted by Gasteiger charge is 2.30. The number of thiophene rings is 1. The van der Waals surface area contributed by atoms with Gasteiger partial charge in [-0.2, -0.15) is 17.9 Å². The molecule has 0 aliphatic rings. The van der Waals surface area contributed by atoms with Crippen LogP contribution in [0.1, 0.15) is 21.6 Å². The number of carboxylic acid groups (broad SMARTS) is 1. The highest BCUT2D eigenvalue weighted by Crippen LogP contribution is 2.29. The third-order valence-electron chi connectivity index (χ3n) is 4.94. The number of aromatic amines is 1. The van der Waals surface area contributed by atoms with Crippen molar-refractivity contribution in [2.24, 2.45) is 0 Å². The van der Waals surface area contributed by atoms with Gasteiger partial charge in [-0.25, -0.2) is 13.4 Å². The van der Waals surface area contributed by atoms with E-state index in [-0.39, 0.29) is 10.6 Å². The summed E-state index contributed by atoms with van der Waals surface area (Å²) in [6.45, 7) is 0. The number of fused-ring (bicyclic) bond motifs is 1. The molecule has 12 heteroatoms. The van der Waals surface area contributed by atoms with E-state index in [1.165, 1.54) is 24.3 Å². The SMILES string of the molecule is O=C(O)C(Cc1c[nH]c2ncccc12)NS(=O)(=O)c1ccc(C#Cc2ccc(C(F)(F)F)cc2)s1. The van der Waals surface area contributed by atoms with Crippen LogP contribution in [0.2, 0.25) is 0 Å². The van der Waals surface area contributed by atoms with Gasteiger partial charge in [0.1, 0.15) is 15.9 Å². The molecule has 0 saturated carbocycles. The van der Waals surface area contributed by atoms with Crippen molar-refractivity contribution in [1.29, 1.82) is 0 Å². The van der Waals surface area contributed by atoms with E-state index in [2.05, 4.69) is 26.5 Å². The van der Waals surface area contributed by atoms with Crippen molar-refractivity contribution in [3.05, 3.63) is 82.5 Å². The molecule has 35 heavy (non-hydrogen) atoms. The summed E-state index contributed by atoms with van der Waals surface area (Å²) in [4.78, 5) is 19.2. The standard InChI is InChI=1S/C23H16F3N3O4S2/c24-23(25,26)16-6-3-14(4-7-16)5-8-17-9-10-20(34-17)35(32,33)29-19(22(30)31)12-15-13-28-21-18(15)2-1-11-27-21/h1-4,6-7,9-11,13,19,29H,12H2,(H,27,28)(H,30,31). The summed E-state index contributed by atoms with van der Waals surface area (Å²) in [5, 5.41) is 10.3. The van der Waals surface area contributed by atoms with Crippen LogP contribution in [0, 0.1) is 11.8 Å². The van der Waals surface area contributed by atoms with Gasteiger partial charge in [0.25, 0.3) is 10.0 Å². The van der Waals surface area contributed by atoms with Crippen LogP contribution in [0.3, 0.4) is 0 Å². The van der Waals surface area contributed by atoms with Crippen LogP contribution in [-0.4, -0.2) is 35.5 Å². The number of aliphatic carboxylic acids is 1. The normalized spacial score (nSPS) is 12.8. The maximum atomic E-state index is 12.8. The van der Waals surface area contributed by atoms with Gasteiger partial charge < -0.3 is 10.1 Å². The Bertz CT molecular complexity index is 1550. The molecule has 180 valence electrons. The lowest BCUT2D eigenvalue weighted by atomic mass is 10.1. The fraction of sp³-hybridized carbons (Fsp3) is 0.130. The van der Waals surface area contributed by atoms with Crippen LogP contribution in [0.15, 0.2) is 65.1 Å². The lowest BCUT2D eigenvalue weighted by Crippen LogP contribution is -2.41. The van der Waals surface area contributed by atoms with Crippen molar-refractivity contribution in [3.63, 3.8) is 0 Å². The van der Waals surface area contributed by atoms with Crippen molar-refractivity contribution >= 4 is 38.4 Å². The molecule has 0 spiro atoms. The molecule has 4 rings (SSSR count). The van der Waals surface area contributed by atoms with Gasteiger partial charge in [0.05, 0.1) is 10.4 Å². The van der Waals surface area contributed by atoms with Gasteiger partial charge in [-0.1, -0.05) is 11.8 Å². The van der Waals surface area contributed by atoms with Crippen molar-refractivity contribution in [2.45, 2.75) is 22.8 Å². The minimum atomic E-state index is -4.45. The van der Waals surface area contributed by atoms with Gasteiger partial charge in [0.2, 0.25) is 0 Å². The zero-order valence-corrected chi connectivity index (χ0v) is 19.3. The Morgan fingerprint density at radius 3 is 2.57 bits per heavy atom. The molecule has 1 aromatic carbocycles. The molecule has 0 saturated heterocycles. The first-order valence-corrected chi connectivity index (χ1v) is 12.3. The van der Waals surface area contributed by atoms with E-state index < -0.39 is 33.8 Å². The van der Waals surface area contributed by atoms with Crippen LogP contribution < -0.4 is 4.72 Å². The summed E-state index contributed by atoms with van der Waals surface area (Å²) < 4.78 is 65.7. The first-order chi connectivity index (χ1) is 16.5. The predicted molar refractivity (Wildman–Crippen MR) is 123 cm³/mol. The second kappa shape index (κ2) is 9.53. The number of rotatable bonds is 6. The zero-order valence-electron chi connectivity index (χ0n) is 17.6. The van der Waals surface area contributed by atoms with Crippen LogP contribution in [0.4, 0.5) is 13.2 Å². The molecular weight excluding hydrogens is 503 g/mol. The summed E-state index contributed by atoms with van der Waals surface area (Å²) in [7, 11) is -4.18. The van der Waals surface area contributed by atoms with Gasteiger partial charge in [0, 0.05) is 29.8 Å².